The Morgan fingerprint density at radius 2 is 2.00 bits per heavy atom. The fourth-order valence-electron chi connectivity index (χ4n) is 2.06. The van der Waals surface area contributed by atoms with Crippen LogP contribution in [0.25, 0.3) is 0 Å². The van der Waals surface area contributed by atoms with Crippen molar-refractivity contribution in [3.8, 4) is 0 Å². The van der Waals surface area contributed by atoms with Gasteiger partial charge in [-0.25, -0.2) is 0 Å². The summed E-state index contributed by atoms with van der Waals surface area (Å²) < 4.78 is 0. The smallest absolute Gasteiger partial charge is 0.138 e. The van der Waals surface area contributed by atoms with E-state index in [1.54, 1.807) is 6.08 Å². The van der Waals surface area contributed by atoms with Crippen LogP contribution in [0.1, 0.15) is 44.9 Å². The second kappa shape index (κ2) is 4.56. The Labute approximate surface area is 80.2 Å². The molecule has 0 bridgehead atoms. The average molecular weight is 181 g/mol. The highest BCUT2D eigenvalue weighted by molar-refractivity contribution is 5.80. The van der Waals surface area contributed by atoms with Crippen molar-refractivity contribution in [3.63, 3.8) is 0 Å². The third kappa shape index (κ3) is 3.31. The van der Waals surface area contributed by atoms with Crippen LogP contribution in [0.2, 0.25) is 0 Å². The third-order valence-corrected chi connectivity index (χ3v) is 2.77. The number of allylic oxidation sites excluding steroid dienone is 1. The minimum absolute atomic E-state index is 0.196. The monoisotopic (exact) mass is 181 g/mol. The second-order valence-electron chi connectivity index (χ2n) is 4.13. The first-order valence-corrected chi connectivity index (χ1v) is 5.08. The van der Waals surface area contributed by atoms with Crippen LogP contribution in [0.3, 0.4) is 0 Å². The molecule has 1 aliphatic rings. The molecule has 1 saturated carbocycles. The highest BCUT2D eigenvalue weighted by Crippen LogP contribution is 2.29. The second-order valence-corrected chi connectivity index (χ2v) is 4.13. The molecule has 0 aromatic heterocycles. The molecule has 0 atom stereocenters. The van der Waals surface area contributed by atoms with Crippen molar-refractivity contribution in [2.45, 2.75) is 50.5 Å². The summed E-state index contributed by atoms with van der Waals surface area (Å²) in [6.07, 6.45) is 8.32. The van der Waals surface area contributed by atoms with Gasteiger partial charge in [0, 0.05) is 18.4 Å². The summed E-state index contributed by atoms with van der Waals surface area (Å²) in [6.45, 7) is 3.55. The van der Waals surface area contributed by atoms with Gasteiger partial charge < -0.3 is 5.73 Å². The molecule has 0 heterocycles. The quantitative estimate of drug-likeness (QED) is 0.675. The number of rotatable bonds is 4. The van der Waals surface area contributed by atoms with Gasteiger partial charge in [-0.05, 0) is 12.8 Å². The zero-order chi connectivity index (χ0) is 9.73. The Kier molecular flexibility index (Phi) is 3.67. The first-order chi connectivity index (χ1) is 6.16. The summed E-state index contributed by atoms with van der Waals surface area (Å²) in [7, 11) is 0. The van der Waals surface area contributed by atoms with Crippen LogP contribution in [-0.4, -0.2) is 11.3 Å². The van der Waals surface area contributed by atoms with Crippen LogP contribution < -0.4 is 5.73 Å². The lowest BCUT2D eigenvalue weighted by Gasteiger charge is -2.32. The van der Waals surface area contributed by atoms with Gasteiger partial charge in [0.15, 0.2) is 0 Å². The number of carbonyl (C=O) groups is 1. The van der Waals surface area contributed by atoms with E-state index in [9.17, 15) is 4.79 Å². The molecule has 74 valence electrons. The summed E-state index contributed by atoms with van der Waals surface area (Å²) in [5.41, 5.74) is 5.94. The molecule has 2 heteroatoms. The van der Waals surface area contributed by atoms with Crippen molar-refractivity contribution in [2.24, 2.45) is 5.73 Å². The lowest BCUT2D eigenvalue weighted by molar-refractivity contribution is -0.119. The van der Waals surface area contributed by atoms with Crippen LogP contribution in [0.4, 0.5) is 0 Å². The van der Waals surface area contributed by atoms with Crippen LogP contribution >= 0.6 is 0 Å². The van der Waals surface area contributed by atoms with Crippen molar-refractivity contribution in [2.75, 3.05) is 0 Å². The predicted molar refractivity (Wildman–Crippen MR) is 54.4 cm³/mol. The summed E-state index contributed by atoms with van der Waals surface area (Å²) in [5.74, 6) is 0.236. The van der Waals surface area contributed by atoms with Crippen molar-refractivity contribution in [1.82, 2.24) is 0 Å². The summed E-state index contributed by atoms with van der Waals surface area (Å²) in [4.78, 5) is 11.4. The Morgan fingerprint density at radius 1 is 1.38 bits per heavy atom. The number of hydrogen-bond donors (Lipinski definition) is 1. The molecule has 1 rings (SSSR count). The molecule has 1 fully saturated rings. The van der Waals surface area contributed by atoms with Crippen LogP contribution in [0.15, 0.2) is 12.7 Å². The number of Topliss-reactive ketones (excluding diaryl/α,β-unsaturated/α-hetero) is 1. The van der Waals surface area contributed by atoms with Gasteiger partial charge in [0.25, 0.3) is 0 Å². The van der Waals surface area contributed by atoms with Crippen molar-refractivity contribution < 1.29 is 4.79 Å². The number of hydrogen-bond acceptors (Lipinski definition) is 2. The van der Waals surface area contributed by atoms with Crippen LogP contribution in [-0.2, 0) is 4.79 Å². The van der Waals surface area contributed by atoms with E-state index in [-0.39, 0.29) is 11.3 Å². The van der Waals surface area contributed by atoms with Gasteiger partial charge in [-0.2, -0.15) is 0 Å². The Morgan fingerprint density at radius 3 is 2.54 bits per heavy atom. The molecule has 0 unspecified atom stereocenters. The van der Waals surface area contributed by atoms with Crippen molar-refractivity contribution >= 4 is 5.78 Å². The summed E-state index contributed by atoms with van der Waals surface area (Å²) in [5, 5.41) is 0. The van der Waals surface area contributed by atoms with E-state index in [0.29, 0.717) is 12.8 Å². The number of ketones is 1. The fourth-order valence-corrected chi connectivity index (χ4v) is 2.06. The van der Waals surface area contributed by atoms with E-state index >= 15 is 0 Å². The average Bonchev–Trinajstić information content (AvgIpc) is 2.04. The molecule has 0 saturated heterocycles. The Hall–Kier alpha value is -0.630. The van der Waals surface area contributed by atoms with E-state index in [2.05, 4.69) is 6.58 Å². The zero-order valence-corrected chi connectivity index (χ0v) is 8.22. The standard InChI is InChI=1S/C11H19NO/c1-2-6-10(13)9-11(12)7-4-3-5-8-11/h2H,1,3-9,12H2. The van der Waals surface area contributed by atoms with Crippen LogP contribution in [0.5, 0.6) is 0 Å². The first kappa shape index (κ1) is 10.5. The fraction of sp³-hybridized carbons (Fsp3) is 0.727. The summed E-state index contributed by atoms with van der Waals surface area (Å²) in [6, 6.07) is 0. The van der Waals surface area contributed by atoms with Gasteiger partial charge in [0.05, 0.1) is 0 Å². The summed E-state index contributed by atoms with van der Waals surface area (Å²) >= 11 is 0. The van der Waals surface area contributed by atoms with Gasteiger partial charge >= 0.3 is 0 Å². The molecule has 0 radical (unpaired) electrons. The molecule has 0 spiro atoms. The third-order valence-electron chi connectivity index (χ3n) is 2.77. The van der Waals surface area contributed by atoms with Crippen LogP contribution in [0, 0.1) is 0 Å². The number of nitrogens with two attached hydrogens (primary N) is 1. The highest BCUT2D eigenvalue weighted by atomic mass is 16.1. The molecule has 0 aromatic carbocycles. The lowest BCUT2D eigenvalue weighted by Crippen LogP contribution is -2.43. The SMILES string of the molecule is C=CCC(=O)CC1(N)CCCCC1. The molecule has 0 aromatic rings. The molecule has 2 N–H and O–H groups in total. The highest BCUT2D eigenvalue weighted by Gasteiger charge is 2.29. The maximum absolute atomic E-state index is 11.4. The van der Waals surface area contributed by atoms with Crippen molar-refractivity contribution in [1.29, 1.82) is 0 Å². The van der Waals surface area contributed by atoms with Gasteiger partial charge in [-0.1, -0.05) is 25.3 Å². The zero-order valence-electron chi connectivity index (χ0n) is 8.22. The minimum Gasteiger partial charge on any atom is -0.325 e. The van der Waals surface area contributed by atoms with Gasteiger partial charge in [0.1, 0.15) is 5.78 Å². The van der Waals surface area contributed by atoms with Crippen molar-refractivity contribution in [3.05, 3.63) is 12.7 Å². The van der Waals surface area contributed by atoms with Gasteiger partial charge in [0.2, 0.25) is 0 Å². The lowest BCUT2D eigenvalue weighted by atomic mass is 9.79. The Bertz CT molecular complexity index is 192. The largest absolute Gasteiger partial charge is 0.325 e. The first-order valence-electron chi connectivity index (χ1n) is 5.08. The minimum atomic E-state index is -0.196. The number of carbonyl (C=O) groups excluding carboxylic acids is 1. The molecule has 0 aliphatic heterocycles. The molecular formula is C11H19NO. The maximum atomic E-state index is 11.4. The molecule has 13 heavy (non-hydrogen) atoms. The maximum Gasteiger partial charge on any atom is 0.138 e. The van der Waals surface area contributed by atoms with E-state index < -0.39 is 0 Å². The topological polar surface area (TPSA) is 43.1 Å². The molecule has 0 amide bonds. The van der Waals surface area contributed by atoms with E-state index in [1.807, 2.05) is 0 Å². The van der Waals surface area contributed by atoms with E-state index in [0.717, 1.165) is 12.8 Å². The van der Waals surface area contributed by atoms with E-state index in [4.69, 9.17) is 5.73 Å². The van der Waals surface area contributed by atoms with Gasteiger partial charge in [-0.3, -0.25) is 4.79 Å². The predicted octanol–water partition coefficient (Wildman–Crippen LogP) is 2.18. The molecular weight excluding hydrogens is 162 g/mol. The van der Waals surface area contributed by atoms with Gasteiger partial charge in [-0.15, -0.1) is 6.58 Å². The van der Waals surface area contributed by atoms with E-state index in [1.165, 1.54) is 19.3 Å². The Balaban J connectivity index is 2.40. The normalized spacial score (nSPS) is 21.0. The molecule has 1 aliphatic carbocycles. The molecule has 2 nitrogen and oxygen atoms in total.